The normalized spacial score (nSPS) is 11.5. The highest BCUT2D eigenvalue weighted by atomic mass is 15.0. The Morgan fingerprint density at radius 2 is 0.694 bits per heavy atom. The molecule has 0 atom stereocenters. The summed E-state index contributed by atoms with van der Waals surface area (Å²) in [6, 6.07) is 72.8. The Hall–Kier alpha value is -8.48. The number of fused-ring (bicyclic) bond motifs is 6. The third kappa shape index (κ3) is 6.04. The van der Waals surface area contributed by atoms with E-state index in [1.807, 2.05) is 42.5 Å². The lowest BCUT2D eigenvalue weighted by Gasteiger charge is -2.11. The van der Waals surface area contributed by atoms with Gasteiger partial charge in [0, 0.05) is 50.9 Å². The first-order chi connectivity index (χ1) is 30.7. The van der Waals surface area contributed by atoms with Crippen LogP contribution in [0.2, 0.25) is 0 Å². The smallest absolute Gasteiger partial charge is 0.160 e. The molecule has 6 heteroatoms. The summed E-state index contributed by atoms with van der Waals surface area (Å²) >= 11 is 0. The van der Waals surface area contributed by atoms with Crippen molar-refractivity contribution in [1.29, 1.82) is 0 Å². The van der Waals surface area contributed by atoms with Gasteiger partial charge in [0.1, 0.15) is 0 Å². The lowest BCUT2D eigenvalue weighted by atomic mass is 10.0. The molecule has 6 nitrogen and oxygen atoms in total. The number of rotatable bonds is 7. The Balaban J connectivity index is 0.887. The Labute approximate surface area is 357 Å². The molecule has 0 saturated carbocycles. The molecule has 62 heavy (non-hydrogen) atoms. The number of pyridine rings is 2. The lowest BCUT2D eigenvalue weighted by Crippen LogP contribution is -1.97. The fourth-order valence-corrected chi connectivity index (χ4v) is 8.92. The summed E-state index contributed by atoms with van der Waals surface area (Å²) in [4.78, 5) is 19.1. The highest BCUT2D eigenvalue weighted by Gasteiger charge is 2.17. The molecule has 0 amide bonds. The summed E-state index contributed by atoms with van der Waals surface area (Å²) in [5.41, 5.74) is 15.7. The fourth-order valence-electron chi connectivity index (χ4n) is 8.92. The summed E-state index contributed by atoms with van der Waals surface area (Å²) in [5, 5.41) is 4.92. The first-order valence-electron chi connectivity index (χ1n) is 20.8. The van der Waals surface area contributed by atoms with Crippen molar-refractivity contribution in [2.45, 2.75) is 0 Å². The lowest BCUT2D eigenvalue weighted by molar-refractivity contribution is 1.15. The molecule has 290 valence electrons. The molecule has 0 radical (unpaired) electrons. The van der Waals surface area contributed by atoms with Gasteiger partial charge in [0.25, 0.3) is 0 Å². The molecule has 5 heterocycles. The van der Waals surface area contributed by atoms with Gasteiger partial charge in [-0.15, -0.1) is 0 Å². The first-order valence-corrected chi connectivity index (χ1v) is 20.8. The van der Waals surface area contributed by atoms with Crippen LogP contribution in [0.25, 0.3) is 111 Å². The molecule has 0 fully saturated rings. The monoisotopic (exact) mass is 792 g/mol. The zero-order valence-electron chi connectivity index (χ0n) is 33.5. The van der Waals surface area contributed by atoms with Crippen molar-refractivity contribution in [2.75, 3.05) is 0 Å². The van der Waals surface area contributed by atoms with E-state index < -0.39 is 0 Å². The van der Waals surface area contributed by atoms with Crippen molar-refractivity contribution in [3.63, 3.8) is 0 Å². The minimum Gasteiger partial charge on any atom is -0.309 e. The molecule has 0 saturated heterocycles. The van der Waals surface area contributed by atoms with E-state index in [1.165, 1.54) is 49.2 Å². The van der Waals surface area contributed by atoms with Gasteiger partial charge in [-0.2, -0.15) is 0 Å². The summed E-state index contributed by atoms with van der Waals surface area (Å²) in [6.07, 6.45) is 3.57. The van der Waals surface area contributed by atoms with Gasteiger partial charge in [0.05, 0.1) is 44.8 Å². The van der Waals surface area contributed by atoms with Gasteiger partial charge in [0.2, 0.25) is 0 Å². The second-order valence-electron chi connectivity index (χ2n) is 15.5. The van der Waals surface area contributed by atoms with Crippen LogP contribution in [-0.2, 0) is 0 Å². The van der Waals surface area contributed by atoms with E-state index in [1.54, 1.807) is 12.4 Å². The molecule has 7 aromatic carbocycles. The van der Waals surface area contributed by atoms with E-state index in [4.69, 9.17) is 9.97 Å². The van der Waals surface area contributed by atoms with Crippen LogP contribution < -0.4 is 0 Å². The average molecular weight is 793 g/mol. The SMILES string of the molecule is c1ccc(-n2c3ccccc3c3cc(-c4ccc(-n5c6ccccc6c6cc(-c7ccc(-c8nc(-c9ccccn9)cc(-c9ccccn9)n8)cc7)ccc65)cc4)ccc32)cc1. The maximum absolute atomic E-state index is 4.96. The van der Waals surface area contributed by atoms with Crippen LogP contribution >= 0.6 is 0 Å². The standard InChI is InChI=1S/C56H36N6/c1-2-12-42(13-3-1)61-52-18-6-4-14-44(52)46-35-41(27-30-54(46)61)38-24-28-43(29-25-38)62-53-19-7-5-15-45(53)47-34-40(26-31-55(47)62)37-20-22-39(23-21-37)56-59-50(48-16-8-10-32-57-48)36-51(60-56)49-17-9-11-33-58-49/h1-36H. The zero-order chi connectivity index (χ0) is 41.0. The van der Waals surface area contributed by atoms with Gasteiger partial charge in [-0.3, -0.25) is 9.97 Å². The molecule has 0 spiro atoms. The summed E-state index contributed by atoms with van der Waals surface area (Å²) in [6.45, 7) is 0. The van der Waals surface area contributed by atoms with Crippen molar-refractivity contribution in [1.82, 2.24) is 29.1 Å². The molecule has 0 unspecified atom stereocenters. The van der Waals surface area contributed by atoms with Crippen molar-refractivity contribution in [3.8, 4) is 67.8 Å². The molecule has 0 N–H and O–H groups in total. The number of aromatic nitrogens is 6. The minimum atomic E-state index is 0.626. The average Bonchev–Trinajstić information content (AvgIpc) is 3.87. The zero-order valence-corrected chi connectivity index (χ0v) is 33.5. The predicted octanol–water partition coefficient (Wildman–Crippen LogP) is 13.8. The van der Waals surface area contributed by atoms with E-state index in [-0.39, 0.29) is 0 Å². The Bertz CT molecular complexity index is 3540. The largest absolute Gasteiger partial charge is 0.309 e. The molecule has 0 bridgehead atoms. The number of para-hydroxylation sites is 3. The second kappa shape index (κ2) is 14.7. The van der Waals surface area contributed by atoms with Crippen molar-refractivity contribution >= 4 is 43.6 Å². The van der Waals surface area contributed by atoms with Gasteiger partial charge >= 0.3 is 0 Å². The number of hydrogen-bond acceptors (Lipinski definition) is 4. The van der Waals surface area contributed by atoms with Crippen molar-refractivity contribution in [3.05, 3.63) is 219 Å². The van der Waals surface area contributed by atoms with E-state index in [2.05, 4.69) is 183 Å². The highest BCUT2D eigenvalue weighted by Crippen LogP contribution is 2.38. The topological polar surface area (TPSA) is 61.4 Å². The van der Waals surface area contributed by atoms with Crippen LogP contribution in [0.15, 0.2) is 219 Å². The Kier molecular flexibility index (Phi) is 8.38. The van der Waals surface area contributed by atoms with Crippen LogP contribution in [0.3, 0.4) is 0 Å². The molecule has 0 aliphatic heterocycles. The highest BCUT2D eigenvalue weighted by molar-refractivity contribution is 6.11. The number of hydrogen-bond donors (Lipinski definition) is 0. The maximum Gasteiger partial charge on any atom is 0.160 e. The van der Waals surface area contributed by atoms with Gasteiger partial charge in [-0.25, -0.2) is 9.97 Å². The Morgan fingerprint density at radius 1 is 0.274 bits per heavy atom. The first kappa shape index (κ1) is 35.5. The fraction of sp³-hybridized carbons (Fsp3) is 0. The third-order valence-electron chi connectivity index (χ3n) is 11.9. The Morgan fingerprint density at radius 3 is 1.21 bits per heavy atom. The summed E-state index contributed by atoms with van der Waals surface area (Å²) < 4.78 is 4.74. The van der Waals surface area contributed by atoms with E-state index in [9.17, 15) is 0 Å². The van der Waals surface area contributed by atoms with Gasteiger partial charge in [0.15, 0.2) is 5.82 Å². The predicted molar refractivity (Wildman–Crippen MR) is 253 cm³/mol. The van der Waals surface area contributed by atoms with Crippen LogP contribution in [-0.4, -0.2) is 29.1 Å². The molecule has 0 aliphatic carbocycles. The molecule has 5 aromatic heterocycles. The van der Waals surface area contributed by atoms with E-state index in [0.717, 1.165) is 56.4 Å². The summed E-state index contributed by atoms with van der Waals surface area (Å²) in [5.74, 6) is 0.626. The van der Waals surface area contributed by atoms with Crippen LogP contribution in [0.1, 0.15) is 0 Å². The van der Waals surface area contributed by atoms with Crippen molar-refractivity contribution < 1.29 is 0 Å². The van der Waals surface area contributed by atoms with Crippen molar-refractivity contribution in [2.24, 2.45) is 0 Å². The second-order valence-corrected chi connectivity index (χ2v) is 15.5. The van der Waals surface area contributed by atoms with Crippen LogP contribution in [0.4, 0.5) is 0 Å². The van der Waals surface area contributed by atoms with Gasteiger partial charge in [-0.1, -0.05) is 115 Å². The quantitative estimate of drug-likeness (QED) is 0.161. The molecule has 0 aliphatic rings. The van der Waals surface area contributed by atoms with E-state index >= 15 is 0 Å². The van der Waals surface area contributed by atoms with Crippen LogP contribution in [0, 0.1) is 0 Å². The molecular weight excluding hydrogens is 757 g/mol. The van der Waals surface area contributed by atoms with E-state index in [0.29, 0.717) is 5.82 Å². The van der Waals surface area contributed by atoms with Crippen LogP contribution in [0.5, 0.6) is 0 Å². The maximum atomic E-state index is 4.96. The number of benzene rings is 7. The summed E-state index contributed by atoms with van der Waals surface area (Å²) in [7, 11) is 0. The number of nitrogens with zero attached hydrogens (tertiary/aromatic N) is 6. The molecular formula is C56H36N6. The third-order valence-corrected chi connectivity index (χ3v) is 11.9. The van der Waals surface area contributed by atoms with Gasteiger partial charge < -0.3 is 9.13 Å². The minimum absolute atomic E-state index is 0.626. The molecule has 12 rings (SSSR count). The van der Waals surface area contributed by atoms with Gasteiger partial charge in [-0.05, 0) is 113 Å². The molecule has 12 aromatic rings.